The first-order chi connectivity index (χ1) is 14.7. The number of hydrogen-bond acceptors (Lipinski definition) is 6. The van der Waals surface area contributed by atoms with Gasteiger partial charge in [-0.1, -0.05) is 12.1 Å². The predicted molar refractivity (Wildman–Crippen MR) is 114 cm³/mol. The lowest BCUT2D eigenvalue weighted by Crippen LogP contribution is -3.16. The van der Waals surface area contributed by atoms with Crippen LogP contribution >= 0.6 is 0 Å². The van der Waals surface area contributed by atoms with Crippen molar-refractivity contribution < 1.29 is 29.0 Å². The molecule has 0 saturated carbocycles. The first-order valence-corrected chi connectivity index (χ1v) is 10.6. The van der Waals surface area contributed by atoms with E-state index in [-0.39, 0.29) is 6.10 Å². The van der Waals surface area contributed by atoms with Crippen LogP contribution in [-0.4, -0.2) is 77.0 Å². The number of rotatable bonds is 8. The maximum Gasteiger partial charge on any atom is 0.161 e. The summed E-state index contributed by atoms with van der Waals surface area (Å²) in [6, 6.07) is 15.8. The van der Waals surface area contributed by atoms with Crippen molar-refractivity contribution in [1.82, 2.24) is 0 Å². The Kier molecular flexibility index (Phi) is 6.94. The summed E-state index contributed by atoms with van der Waals surface area (Å²) in [7, 11) is 1.68. The molecule has 4 rings (SSSR count). The van der Waals surface area contributed by atoms with Crippen molar-refractivity contribution >= 4 is 5.69 Å². The minimum Gasteiger partial charge on any atom is -0.497 e. The summed E-state index contributed by atoms with van der Waals surface area (Å²) >= 11 is 0. The Morgan fingerprint density at radius 2 is 1.83 bits per heavy atom. The summed E-state index contributed by atoms with van der Waals surface area (Å²) in [6.07, 6.45) is -0.628. The molecule has 1 saturated heterocycles. The Morgan fingerprint density at radius 1 is 1.10 bits per heavy atom. The molecular weight excluding hydrogens is 384 g/mol. The second kappa shape index (κ2) is 10.0. The number of benzene rings is 2. The largest absolute Gasteiger partial charge is 0.497 e. The van der Waals surface area contributed by atoms with Gasteiger partial charge in [0.05, 0.1) is 46.5 Å². The molecule has 0 amide bonds. The van der Waals surface area contributed by atoms with E-state index in [0.717, 1.165) is 43.4 Å². The molecule has 0 radical (unpaired) electrons. The summed E-state index contributed by atoms with van der Waals surface area (Å²) in [5, 5.41) is 10.4. The summed E-state index contributed by atoms with van der Waals surface area (Å²) < 4.78 is 22.5. The maximum atomic E-state index is 10.4. The van der Waals surface area contributed by atoms with Crippen molar-refractivity contribution in [3.63, 3.8) is 0 Å². The summed E-state index contributed by atoms with van der Waals surface area (Å²) in [5.41, 5.74) is 1.22. The highest BCUT2D eigenvalue weighted by atomic mass is 16.6. The molecule has 0 aromatic heterocycles. The van der Waals surface area contributed by atoms with Crippen molar-refractivity contribution in [2.75, 3.05) is 64.6 Å². The number of para-hydroxylation sites is 2. The fourth-order valence-corrected chi connectivity index (χ4v) is 3.95. The molecule has 0 aliphatic carbocycles. The van der Waals surface area contributed by atoms with E-state index in [2.05, 4.69) is 17.0 Å². The zero-order valence-electron chi connectivity index (χ0n) is 17.5. The monoisotopic (exact) mass is 415 g/mol. The molecule has 0 spiro atoms. The quantitative estimate of drug-likeness (QED) is 0.659. The van der Waals surface area contributed by atoms with Gasteiger partial charge in [-0.25, -0.2) is 0 Å². The third kappa shape index (κ3) is 5.36. The smallest absolute Gasteiger partial charge is 0.161 e. The van der Waals surface area contributed by atoms with E-state index in [0.29, 0.717) is 26.4 Å². The molecule has 0 unspecified atom stereocenters. The number of methoxy groups -OCH3 is 1. The molecule has 7 heteroatoms. The lowest BCUT2D eigenvalue weighted by molar-refractivity contribution is -0.903. The van der Waals surface area contributed by atoms with E-state index < -0.39 is 6.10 Å². The van der Waals surface area contributed by atoms with Crippen LogP contribution in [0.4, 0.5) is 5.69 Å². The molecule has 2 atom stereocenters. The number of aliphatic hydroxyl groups excluding tert-OH is 1. The predicted octanol–water partition coefficient (Wildman–Crippen LogP) is 0.618. The van der Waals surface area contributed by atoms with E-state index in [9.17, 15) is 5.11 Å². The SMILES string of the molecule is COc1ccc(N2CC[NH+](C[C@H](O)COC[C@H]3COc4ccccc4O3)CC2)cc1. The topological polar surface area (TPSA) is 64.8 Å². The Labute approximate surface area is 177 Å². The molecule has 2 N–H and O–H groups in total. The van der Waals surface area contributed by atoms with Gasteiger partial charge in [-0.05, 0) is 36.4 Å². The van der Waals surface area contributed by atoms with E-state index in [1.54, 1.807) is 7.11 Å². The van der Waals surface area contributed by atoms with Crippen LogP contribution in [-0.2, 0) is 4.74 Å². The highest BCUT2D eigenvalue weighted by molar-refractivity contribution is 5.49. The normalized spacial score (nSPS) is 20.1. The Morgan fingerprint density at radius 3 is 2.57 bits per heavy atom. The van der Waals surface area contributed by atoms with Crippen LogP contribution < -0.4 is 24.0 Å². The number of piperazine rings is 1. The molecule has 2 heterocycles. The van der Waals surface area contributed by atoms with Crippen LogP contribution in [0.1, 0.15) is 0 Å². The van der Waals surface area contributed by atoms with Gasteiger partial charge in [0.15, 0.2) is 17.6 Å². The van der Waals surface area contributed by atoms with E-state index >= 15 is 0 Å². The maximum absolute atomic E-state index is 10.4. The van der Waals surface area contributed by atoms with E-state index in [1.807, 2.05) is 36.4 Å². The lowest BCUT2D eigenvalue weighted by Gasteiger charge is -2.34. The zero-order chi connectivity index (χ0) is 20.8. The first kappa shape index (κ1) is 20.8. The molecule has 2 aliphatic heterocycles. The summed E-state index contributed by atoms with van der Waals surface area (Å²) in [6.45, 7) is 5.83. The number of anilines is 1. The lowest BCUT2D eigenvalue weighted by atomic mass is 10.2. The molecule has 2 aromatic carbocycles. The fourth-order valence-electron chi connectivity index (χ4n) is 3.95. The van der Waals surface area contributed by atoms with Crippen molar-refractivity contribution in [1.29, 1.82) is 0 Å². The number of quaternary nitrogens is 1. The summed E-state index contributed by atoms with van der Waals surface area (Å²) in [5.74, 6) is 2.39. The minimum absolute atomic E-state index is 0.146. The van der Waals surface area contributed by atoms with Crippen LogP contribution in [0.2, 0.25) is 0 Å². The van der Waals surface area contributed by atoms with Gasteiger partial charge in [0.25, 0.3) is 0 Å². The number of hydrogen-bond donors (Lipinski definition) is 2. The standard InChI is InChI=1S/C23H30N2O5/c1-27-20-8-6-18(7-9-20)25-12-10-24(11-13-25)14-19(26)15-28-16-21-17-29-22-4-2-3-5-23(22)30-21/h2-9,19,21,26H,10-17H2,1H3/p+1/t19-,21-/m0/s1. The van der Waals surface area contributed by atoms with Gasteiger partial charge >= 0.3 is 0 Å². The Hall–Kier alpha value is -2.48. The highest BCUT2D eigenvalue weighted by Gasteiger charge is 2.24. The highest BCUT2D eigenvalue weighted by Crippen LogP contribution is 2.30. The minimum atomic E-state index is -0.482. The van der Waals surface area contributed by atoms with Gasteiger partial charge < -0.3 is 33.9 Å². The number of fused-ring (bicyclic) bond motifs is 1. The second-order valence-corrected chi connectivity index (χ2v) is 7.83. The third-order valence-electron chi connectivity index (χ3n) is 5.61. The first-order valence-electron chi connectivity index (χ1n) is 10.6. The van der Waals surface area contributed by atoms with Crippen LogP contribution in [0.3, 0.4) is 0 Å². The average Bonchev–Trinajstić information content (AvgIpc) is 2.79. The number of aliphatic hydroxyl groups is 1. The van der Waals surface area contributed by atoms with E-state index in [4.69, 9.17) is 18.9 Å². The van der Waals surface area contributed by atoms with Crippen molar-refractivity contribution in [3.8, 4) is 17.2 Å². The molecule has 0 bridgehead atoms. The second-order valence-electron chi connectivity index (χ2n) is 7.83. The van der Waals surface area contributed by atoms with Crippen LogP contribution in [0.15, 0.2) is 48.5 Å². The van der Waals surface area contributed by atoms with Crippen LogP contribution in [0.25, 0.3) is 0 Å². The van der Waals surface area contributed by atoms with E-state index in [1.165, 1.54) is 10.6 Å². The molecule has 30 heavy (non-hydrogen) atoms. The van der Waals surface area contributed by atoms with Crippen molar-refractivity contribution in [2.45, 2.75) is 12.2 Å². The zero-order valence-corrected chi connectivity index (χ0v) is 17.5. The molecule has 2 aromatic rings. The van der Waals surface area contributed by atoms with Gasteiger partial charge in [0.2, 0.25) is 0 Å². The van der Waals surface area contributed by atoms with Gasteiger partial charge in [-0.15, -0.1) is 0 Å². The Balaban J connectivity index is 1.14. The third-order valence-corrected chi connectivity index (χ3v) is 5.61. The van der Waals surface area contributed by atoms with Gasteiger partial charge in [0, 0.05) is 5.69 Å². The fraction of sp³-hybridized carbons (Fsp3) is 0.478. The average molecular weight is 416 g/mol. The van der Waals surface area contributed by atoms with Crippen molar-refractivity contribution in [2.24, 2.45) is 0 Å². The molecule has 7 nitrogen and oxygen atoms in total. The Bertz CT molecular complexity index is 792. The van der Waals surface area contributed by atoms with Gasteiger partial charge in [-0.2, -0.15) is 0 Å². The number of nitrogens with zero attached hydrogens (tertiary/aromatic N) is 1. The summed E-state index contributed by atoms with van der Waals surface area (Å²) in [4.78, 5) is 3.78. The van der Waals surface area contributed by atoms with Crippen LogP contribution in [0.5, 0.6) is 17.2 Å². The van der Waals surface area contributed by atoms with Gasteiger partial charge in [0.1, 0.15) is 25.0 Å². The number of ether oxygens (including phenoxy) is 4. The van der Waals surface area contributed by atoms with Crippen LogP contribution in [0, 0.1) is 0 Å². The molecule has 162 valence electrons. The molecule has 1 fully saturated rings. The molecule has 2 aliphatic rings. The molecular formula is C23H31N2O5+. The number of nitrogens with one attached hydrogen (secondary N) is 1. The van der Waals surface area contributed by atoms with Crippen molar-refractivity contribution in [3.05, 3.63) is 48.5 Å². The van der Waals surface area contributed by atoms with Gasteiger partial charge in [-0.3, -0.25) is 0 Å².